The van der Waals surface area contributed by atoms with E-state index >= 15 is 0 Å². The third kappa shape index (κ3) is 1.91. The largest absolute Gasteiger partial charge is 0.504 e. The highest BCUT2D eigenvalue weighted by molar-refractivity contribution is 5.57. The molecule has 2 N–H and O–H groups in total. The first kappa shape index (κ1) is 15.0. The van der Waals surface area contributed by atoms with Crippen molar-refractivity contribution in [2.75, 3.05) is 20.7 Å². The van der Waals surface area contributed by atoms with Crippen molar-refractivity contribution in [2.24, 2.45) is 5.92 Å². The standard InChI is InChI=1S/C19H25NO3/c1-11-8-13-14-9-12-4-5-16(23-3)18(22)17(12)19(13,10-15(11)21)6-7-20(14)2/h4-5,8,13-15,21-22H,6-7,9-10H2,1-3H3. The fraction of sp³-hybridized carbons (Fsp3) is 0.579. The molecule has 4 heteroatoms. The van der Waals surface area contributed by atoms with Crippen LogP contribution >= 0.6 is 0 Å². The lowest BCUT2D eigenvalue weighted by atomic mass is 9.52. The highest BCUT2D eigenvalue weighted by Crippen LogP contribution is 2.58. The van der Waals surface area contributed by atoms with E-state index in [9.17, 15) is 10.2 Å². The average molecular weight is 315 g/mol. The summed E-state index contributed by atoms with van der Waals surface area (Å²) in [5, 5.41) is 21.4. The van der Waals surface area contributed by atoms with Crippen molar-refractivity contribution < 1.29 is 14.9 Å². The molecule has 0 saturated carbocycles. The molecule has 0 aromatic heterocycles. The molecule has 1 aliphatic heterocycles. The number of likely N-dealkylation sites (tertiary alicyclic amines) is 1. The summed E-state index contributed by atoms with van der Waals surface area (Å²) in [6, 6.07) is 4.39. The molecule has 124 valence electrons. The molecular formula is C19H25NO3. The maximum Gasteiger partial charge on any atom is 0.161 e. The van der Waals surface area contributed by atoms with Gasteiger partial charge in [0, 0.05) is 22.9 Å². The van der Waals surface area contributed by atoms with Crippen molar-refractivity contribution in [1.29, 1.82) is 0 Å². The van der Waals surface area contributed by atoms with E-state index in [-0.39, 0.29) is 11.2 Å². The zero-order chi connectivity index (χ0) is 16.4. The number of aliphatic hydroxyl groups is 1. The number of hydrogen-bond acceptors (Lipinski definition) is 4. The molecule has 3 aliphatic rings. The lowest BCUT2D eigenvalue weighted by Crippen LogP contribution is -2.60. The predicted molar refractivity (Wildman–Crippen MR) is 88.9 cm³/mol. The van der Waals surface area contributed by atoms with E-state index in [0.29, 0.717) is 24.1 Å². The highest BCUT2D eigenvalue weighted by Gasteiger charge is 2.55. The Kier molecular flexibility index (Phi) is 3.26. The van der Waals surface area contributed by atoms with Gasteiger partial charge >= 0.3 is 0 Å². The van der Waals surface area contributed by atoms with Crippen LogP contribution in [0.5, 0.6) is 11.5 Å². The number of aliphatic hydroxyl groups excluding tert-OH is 1. The van der Waals surface area contributed by atoms with Gasteiger partial charge in [0.2, 0.25) is 0 Å². The molecule has 4 atom stereocenters. The summed E-state index contributed by atoms with van der Waals surface area (Å²) in [4.78, 5) is 2.44. The maximum atomic E-state index is 10.9. The van der Waals surface area contributed by atoms with Gasteiger partial charge in [0.1, 0.15) is 0 Å². The van der Waals surface area contributed by atoms with E-state index in [1.165, 1.54) is 5.56 Å². The second-order valence-electron chi connectivity index (χ2n) is 7.47. The van der Waals surface area contributed by atoms with E-state index in [2.05, 4.69) is 24.1 Å². The molecule has 1 saturated heterocycles. The van der Waals surface area contributed by atoms with Crippen LogP contribution in [0.15, 0.2) is 23.8 Å². The monoisotopic (exact) mass is 315 g/mol. The van der Waals surface area contributed by atoms with Crippen LogP contribution in [0.1, 0.15) is 30.9 Å². The topological polar surface area (TPSA) is 52.9 Å². The Hall–Kier alpha value is -1.52. The molecule has 4 rings (SSSR count). The van der Waals surface area contributed by atoms with E-state index < -0.39 is 6.10 Å². The molecule has 1 heterocycles. The van der Waals surface area contributed by atoms with Crippen LogP contribution in [0.2, 0.25) is 0 Å². The number of phenols is 1. The lowest BCUT2D eigenvalue weighted by molar-refractivity contribution is 0.0154. The molecule has 0 radical (unpaired) electrons. The summed E-state index contributed by atoms with van der Waals surface area (Å²) < 4.78 is 5.36. The Labute approximate surface area is 137 Å². The molecule has 4 nitrogen and oxygen atoms in total. The molecule has 2 bridgehead atoms. The fourth-order valence-corrected chi connectivity index (χ4v) is 5.17. The van der Waals surface area contributed by atoms with Gasteiger partial charge in [-0.05, 0) is 57.0 Å². The van der Waals surface area contributed by atoms with Gasteiger partial charge < -0.3 is 19.8 Å². The first-order valence-corrected chi connectivity index (χ1v) is 8.44. The van der Waals surface area contributed by atoms with E-state index in [1.807, 2.05) is 13.0 Å². The van der Waals surface area contributed by atoms with E-state index in [4.69, 9.17) is 4.74 Å². The number of methoxy groups -OCH3 is 1. The summed E-state index contributed by atoms with van der Waals surface area (Å²) in [5.41, 5.74) is 3.12. The maximum absolute atomic E-state index is 10.9. The van der Waals surface area contributed by atoms with Crippen LogP contribution in [-0.4, -0.2) is 48.0 Å². The summed E-state index contributed by atoms with van der Waals surface area (Å²) in [5.74, 6) is 1.16. The number of piperidine rings is 1. The minimum atomic E-state index is -0.424. The molecule has 2 aliphatic carbocycles. The smallest absolute Gasteiger partial charge is 0.161 e. The molecule has 0 amide bonds. The Morgan fingerprint density at radius 2 is 2.13 bits per heavy atom. The Bertz CT molecular complexity index is 683. The molecule has 1 aromatic carbocycles. The van der Waals surface area contributed by atoms with Crippen LogP contribution in [-0.2, 0) is 11.8 Å². The number of aromatic hydroxyl groups is 1. The van der Waals surface area contributed by atoms with Crippen molar-refractivity contribution in [3.8, 4) is 11.5 Å². The third-order valence-electron chi connectivity index (χ3n) is 6.43. The average Bonchev–Trinajstić information content (AvgIpc) is 2.52. The van der Waals surface area contributed by atoms with Gasteiger partial charge in [0.05, 0.1) is 13.2 Å². The summed E-state index contributed by atoms with van der Waals surface area (Å²) in [6.07, 6.45) is 4.43. The summed E-state index contributed by atoms with van der Waals surface area (Å²) in [7, 11) is 3.79. The van der Waals surface area contributed by atoms with Gasteiger partial charge in [-0.1, -0.05) is 12.1 Å². The predicted octanol–water partition coefficient (Wildman–Crippen LogP) is 2.23. The normalized spacial score (nSPS) is 36.0. The molecule has 1 fully saturated rings. The Balaban J connectivity index is 1.97. The molecule has 4 unspecified atom stereocenters. The minimum Gasteiger partial charge on any atom is -0.504 e. The fourth-order valence-electron chi connectivity index (χ4n) is 5.17. The number of likely N-dealkylation sites (N-methyl/N-ethyl adjacent to an activating group) is 1. The van der Waals surface area contributed by atoms with Crippen molar-refractivity contribution in [3.05, 3.63) is 34.9 Å². The van der Waals surface area contributed by atoms with Crippen LogP contribution in [0.4, 0.5) is 0 Å². The number of nitrogens with zero attached hydrogens (tertiary/aromatic N) is 1. The van der Waals surface area contributed by atoms with Gasteiger partial charge in [-0.3, -0.25) is 0 Å². The SMILES string of the molecule is COc1ccc2c(c1O)C13CCN(C)C(C2)C1C=C(C)C(O)C3. The van der Waals surface area contributed by atoms with Gasteiger partial charge in [-0.15, -0.1) is 0 Å². The summed E-state index contributed by atoms with van der Waals surface area (Å²) >= 11 is 0. The number of phenolic OH excluding ortho intramolecular Hbond substituents is 1. The van der Waals surface area contributed by atoms with Crippen LogP contribution in [0.3, 0.4) is 0 Å². The van der Waals surface area contributed by atoms with Crippen LogP contribution < -0.4 is 4.74 Å². The quantitative estimate of drug-likeness (QED) is 0.780. The van der Waals surface area contributed by atoms with Gasteiger partial charge in [-0.25, -0.2) is 0 Å². The molecule has 1 aromatic rings. The van der Waals surface area contributed by atoms with Crippen molar-refractivity contribution in [1.82, 2.24) is 4.90 Å². The number of rotatable bonds is 1. The van der Waals surface area contributed by atoms with Crippen molar-refractivity contribution >= 4 is 0 Å². The first-order valence-electron chi connectivity index (χ1n) is 8.44. The van der Waals surface area contributed by atoms with E-state index in [0.717, 1.165) is 30.5 Å². The highest BCUT2D eigenvalue weighted by atomic mass is 16.5. The third-order valence-corrected chi connectivity index (χ3v) is 6.43. The van der Waals surface area contributed by atoms with Gasteiger partial charge in [0.25, 0.3) is 0 Å². The number of ether oxygens (including phenoxy) is 1. The molecule has 23 heavy (non-hydrogen) atoms. The lowest BCUT2D eigenvalue weighted by Gasteiger charge is -2.58. The Morgan fingerprint density at radius 1 is 1.35 bits per heavy atom. The summed E-state index contributed by atoms with van der Waals surface area (Å²) in [6.45, 7) is 3.02. The molecule has 0 spiro atoms. The number of fused-ring (bicyclic) bond motifs is 1. The zero-order valence-electron chi connectivity index (χ0n) is 14.0. The first-order chi connectivity index (χ1) is 11.0. The number of benzene rings is 1. The zero-order valence-corrected chi connectivity index (χ0v) is 14.0. The van der Waals surface area contributed by atoms with Crippen molar-refractivity contribution in [3.63, 3.8) is 0 Å². The second kappa shape index (κ2) is 4.99. The second-order valence-corrected chi connectivity index (χ2v) is 7.47. The molecular weight excluding hydrogens is 290 g/mol. The van der Waals surface area contributed by atoms with Crippen molar-refractivity contribution in [2.45, 2.75) is 43.7 Å². The van der Waals surface area contributed by atoms with Crippen LogP contribution in [0.25, 0.3) is 0 Å². The van der Waals surface area contributed by atoms with Crippen LogP contribution in [0, 0.1) is 5.92 Å². The van der Waals surface area contributed by atoms with Gasteiger partial charge in [-0.2, -0.15) is 0 Å². The number of hydrogen-bond donors (Lipinski definition) is 2. The van der Waals surface area contributed by atoms with E-state index in [1.54, 1.807) is 7.11 Å². The van der Waals surface area contributed by atoms with Gasteiger partial charge in [0.15, 0.2) is 11.5 Å². The Morgan fingerprint density at radius 3 is 2.87 bits per heavy atom. The minimum absolute atomic E-state index is 0.178.